The molecule has 1 amide bonds. The van der Waals surface area contributed by atoms with Crippen molar-refractivity contribution in [2.75, 3.05) is 26.8 Å². The summed E-state index contributed by atoms with van der Waals surface area (Å²) in [4.78, 5) is 14.2. The van der Waals surface area contributed by atoms with Gasteiger partial charge in [0.15, 0.2) is 0 Å². The third-order valence-electron chi connectivity index (χ3n) is 4.59. The largest absolute Gasteiger partial charge is 0.381 e. The van der Waals surface area contributed by atoms with Gasteiger partial charge in [0.2, 0.25) is 5.91 Å². The Morgan fingerprint density at radius 2 is 1.95 bits per heavy atom. The second kappa shape index (κ2) is 7.96. The van der Waals surface area contributed by atoms with Gasteiger partial charge in [0.05, 0.1) is 12.2 Å². The van der Waals surface area contributed by atoms with Crippen LogP contribution in [0, 0.1) is 0 Å². The molecule has 1 saturated carbocycles. The molecule has 116 valence electrons. The molecular weight excluding hydrogens is 256 g/mol. The third kappa shape index (κ3) is 4.17. The van der Waals surface area contributed by atoms with E-state index in [1.807, 2.05) is 4.90 Å². The minimum Gasteiger partial charge on any atom is -0.381 e. The van der Waals surface area contributed by atoms with Gasteiger partial charge in [-0.05, 0) is 25.7 Å². The molecule has 0 unspecified atom stereocenters. The summed E-state index contributed by atoms with van der Waals surface area (Å²) in [6.45, 7) is 1.43. The normalized spacial score (nSPS) is 28.6. The van der Waals surface area contributed by atoms with Gasteiger partial charge in [-0.3, -0.25) is 4.79 Å². The van der Waals surface area contributed by atoms with Gasteiger partial charge in [0.25, 0.3) is 0 Å². The van der Waals surface area contributed by atoms with Crippen LogP contribution in [0.1, 0.15) is 44.9 Å². The highest BCUT2D eigenvalue weighted by Crippen LogP contribution is 2.22. The Kier molecular flexibility index (Phi) is 6.26. The van der Waals surface area contributed by atoms with E-state index in [0.29, 0.717) is 6.54 Å². The average molecular weight is 284 g/mol. The molecule has 0 aromatic carbocycles. The number of rotatable bonds is 5. The molecule has 1 aliphatic heterocycles. The molecule has 2 atom stereocenters. The Labute approximate surface area is 121 Å². The number of nitrogens with two attached hydrogens (primary N) is 1. The predicted octanol–water partition coefficient (Wildman–Crippen LogP) is 1.30. The van der Waals surface area contributed by atoms with Crippen LogP contribution in [0.25, 0.3) is 0 Å². The van der Waals surface area contributed by atoms with Crippen LogP contribution in [-0.2, 0) is 14.3 Å². The highest BCUT2D eigenvalue weighted by Gasteiger charge is 2.31. The van der Waals surface area contributed by atoms with Crippen molar-refractivity contribution in [3.8, 4) is 0 Å². The smallest absolute Gasteiger partial charge is 0.248 e. The van der Waals surface area contributed by atoms with Crippen molar-refractivity contribution in [3.05, 3.63) is 0 Å². The summed E-state index contributed by atoms with van der Waals surface area (Å²) in [5.41, 5.74) is 5.80. The summed E-state index contributed by atoms with van der Waals surface area (Å²) in [5, 5.41) is 0. The van der Waals surface area contributed by atoms with Crippen molar-refractivity contribution in [3.63, 3.8) is 0 Å². The lowest BCUT2D eigenvalue weighted by Crippen LogP contribution is -2.52. The molecule has 5 heteroatoms. The molecule has 2 rings (SSSR count). The molecule has 0 radical (unpaired) electrons. The van der Waals surface area contributed by atoms with Gasteiger partial charge in [-0.1, -0.05) is 19.3 Å². The Bertz CT molecular complexity index is 305. The van der Waals surface area contributed by atoms with Crippen molar-refractivity contribution in [1.29, 1.82) is 0 Å². The van der Waals surface area contributed by atoms with Gasteiger partial charge in [-0.15, -0.1) is 0 Å². The maximum atomic E-state index is 12.3. The maximum absolute atomic E-state index is 12.3. The molecule has 0 bridgehead atoms. The average Bonchev–Trinajstić information content (AvgIpc) is 2.52. The molecule has 2 N–H and O–H groups in total. The minimum atomic E-state index is 0.0839. The van der Waals surface area contributed by atoms with Crippen LogP contribution in [0.3, 0.4) is 0 Å². The molecule has 5 nitrogen and oxygen atoms in total. The molecule has 1 saturated heterocycles. The number of hydrogen-bond acceptors (Lipinski definition) is 4. The minimum absolute atomic E-state index is 0.0839. The zero-order chi connectivity index (χ0) is 14.4. The van der Waals surface area contributed by atoms with Gasteiger partial charge in [-0.2, -0.15) is 0 Å². The monoisotopic (exact) mass is 284 g/mol. The lowest BCUT2D eigenvalue weighted by atomic mass is 9.98. The lowest BCUT2D eigenvalue weighted by molar-refractivity contribution is -0.144. The number of amides is 1. The quantitative estimate of drug-likeness (QED) is 0.826. The first kappa shape index (κ1) is 15.7. The fourth-order valence-corrected chi connectivity index (χ4v) is 3.28. The van der Waals surface area contributed by atoms with Crippen LogP contribution in [0.4, 0.5) is 0 Å². The van der Waals surface area contributed by atoms with Gasteiger partial charge >= 0.3 is 0 Å². The van der Waals surface area contributed by atoms with Crippen LogP contribution < -0.4 is 5.73 Å². The Morgan fingerprint density at radius 1 is 1.20 bits per heavy atom. The fraction of sp³-hybridized carbons (Fsp3) is 0.933. The summed E-state index contributed by atoms with van der Waals surface area (Å²) in [5.74, 6) is 0.0839. The van der Waals surface area contributed by atoms with E-state index >= 15 is 0 Å². The van der Waals surface area contributed by atoms with E-state index in [-0.39, 0.29) is 30.8 Å². The first-order valence-electron chi connectivity index (χ1n) is 7.88. The molecule has 0 aromatic rings. The number of nitrogens with zero attached hydrogens (tertiary/aromatic N) is 1. The number of ether oxygens (including phenoxy) is 2. The topological polar surface area (TPSA) is 64.8 Å². The van der Waals surface area contributed by atoms with Crippen molar-refractivity contribution < 1.29 is 14.3 Å². The number of carbonyl (C=O) groups is 1. The zero-order valence-electron chi connectivity index (χ0n) is 12.6. The zero-order valence-corrected chi connectivity index (χ0v) is 12.6. The molecule has 20 heavy (non-hydrogen) atoms. The standard InChI is InChI=1S/C15H28N2O3/c1-19-14-7-8-17(12(9-14)10-16)15(18)11-20-13-5-3-2-4-6-13/h12-14H,2-11,16H2,1H3/t12-,14-/m1/s1. The number of carbonyl (C=O) groups excluding carboxylic acids is 1. The Morgan fingerprint density at radius 3 is 2.60 bits per heavy atom. The van der Waals surface area contributed by atoms with E-state index in [1.165, 1.54) is 19.3 Å². The lowest BCUT2D eigenvalue weighted by Gasteiger charge is -2.38. The Hall–Kier alpha value is -0.650. The second-order valence-electron chi connectivity index (χ2n) is 5.93. The van der Waals surface area contributed by atoms with Crippen molar-refractivity contribution in [2.24, 2.45) is 5.73 Å². The van der Waals surface area contributed by atoms with E-state index in [9.17, 15) is 4.79 Å². The maximum Gasteiger partial charge on any atom is 0.248 e. The third-order valence-corrected chi connectivity index (χ3v) is 4.59. The number of hydrogen-bond donors (Lipinski definition) is 1. The van der Waals surface area contributed by atoms with Crippen LogP contribution in [0.15, 0.2) is 0 Å². The first-order chi connectivity index (χ1) is 9.74. The SMILES string of the molecule is CO[C@@H]1CCN(C(=O)COC2CCCCC2)[C@@H](CN)C1. The number of piperidine rings is 1. The van der Waals surface area contributed by atoms with E-state index in [2.05, 4.69) is 0 Å². The molecular formula is C15H28N2O3. The fourth-order valence-electron chi connectivity index (χ4n) is 3.28. The predicted molar refractivity (Wildman–Crippen MR) is 77.4 cm³/mol. The van der Waals surface area contributed by atoms with Crippen LogP contribution in [0.5, 0.6) is 0 Å². The summed E-state index contributed by atoms with van der Waals surface area (Å²) < 4.78 is 11.2. The van der Waals surface area contributed by atoms with Crippen LogP contribution >= 0.6 is 0 Å². The van der Waals surface area contributed by atoms with Crippen molar-refractivity contribution >= 4 is 5.91 Å². The van der Waals surface area contributed by atoms with E-state index in [0.717, 1.165) is 32.2 Å². The molecule has 0 spiro atoms. The summed E-state index contributed by atoms with van der Waals surface area (Å²) >= 11 is 0. The number of likely N-dealkylation sites (tertiary alicyclic amines) is 1. The van der Waals surface area contributed by atoms with Gasteiger partial charge in [0.1, 0.15) is 6.61 Å². The Balaban J connectivity index is 1.78. The van der Waals surface area contributed by atoms with Crippen LogP contribution in [0.2, 0.25) is 0 Å². The highest BCUT2D eigenvalue weighted by atomic mass is 16.5. The van der Waals surface area contributed by atoms with Crippen LogP contribution in [-0.4, -0.2) is 55.9 Å². The highest BCUT2D eigenvalue weighted by molar-refractivity contribution is 5.78. The summed E-state index contributed by atoms with van der Waals surface area (Å²) in [6, 6.07) is 0.0937. The number of methoxy groups -OCH3 is 1. The van der Waals surface area contributed by atoms with E-state index in [4.69, 9.17) is 15.2 Å². The molecule has 2 fully saturated rings. The molecule has 1 aliphatic carbocycles. The molecule has 0 aromatic heterocycles. The molecule has 2 aliphatic rings. The van der Waals surface area contributed by atoms with E-state index in [1.54, 1.807) is 7.11 Å². The van der Waals surface area contributed by atoms with Gasteiger partial charge in [0, 0.05) is 26.2 Å². The van der Waals surface area contributed by atoms with Crippen molar-refractivity contribution in [2.45, 2.75) is 63.2 Å². The van der Waals surface area contributed by atoms with E-state index < -0.39 is 0 Å². The second-order valence-corrected chi connectivity index (χ2v) is 5.93. The first-order valence-corrected chi connectivity index (χ1v) is 7.88. The van der Waals surface area contributed by atoms with Gasteiger partial charge < -0.3 is 20.1 Å². The molecule has 1 heterocycles. The summed E-state index contributed by atoms with van der Waals surface area (Å²) in [6.07, 6.45) is 8.18. The summed E-state index contributed by atoms with van der Waals surface area (Å²) in [7, 11) is 1.72. The van der Waals surface area contributed by atoms with Crippen molar-refractivity contribution in [1.82, 2.24) is 4.90 Å². The van der Waals surface area contributed by atoms with Gasteiger partial charge in [-0.25, -0.2) is 0 Å².